The van der Waals surface area contributed by atoms with Crippen LogP contribution in [-0.2, 0) is 9.59 Å². The second-order valence-corrected chi connectivity index (χ2v) is 7.02. The molecule has 2 fully saturated rings. The normalized spacial score (nSPS) is 17.0. The van der Waals surface area contributed by atoms with Crippen LogP contribution in [-0.4, -0.2) is 47.9 Å². The van der Waals surface area contributed by atoms with Crippen molar-refractivity contribution < 1.29 is 9.59 Å². The highest BCUT2D eigenvalue weighted by Gasteiger charge is 2.28. The fourth-order valence-corrected chi connectivity index (χ4v) is 3.00. The van der Waals surface area contributed by atoms with Gasteiger partial charge in [-0.3, -0.25) is 9.59 Å². The van der Waals surface area contributed by atoms with Crippen molar-refractivity contribution in [3.8, 4) is 0 Å². The summed E-state index contributed by atoms with van der Waals surface area (Å²) >= 11 is 5.78. The molecule has 0 unspecified atom stereocenters. The molecule has 2 heterocycles. The zero-order chi connectivity index (χ0) is 16.9. The smallest absolute Gasteiger partial charge is 0.236 e. The molecule has 146 valence electrons. The van der Waals surface area contributed by atoms with Crippen LogP contribution in [0.5, 0.6) is 0 Å². The molecule has 0 atom stereocenters. The summed E-state index contributed by atoms with van der Waals surface area (Å²) in [4.78, 5) is 30.3. The molecule has 1 aromatic heterocycles. The number of hydrogen-bond donors (Lipinski definition) is 2. The molecule has 1 saturated heterocycles. The van der Waals surface area contributed by atoms with E-state index in [1.807, 2.05) is 4.90 Å². The Labute approximate surface area is 171 Å². The molecule has 0 spiro atoms. The summed E-state index contributed by atoms with van der Waals surface area (Å²) < 4.78 is 0. The van der Waals surface area contributed by atoms with Crippen LogP contribution in [0.4, 0.5) is 5.82 Å². The van der Waals surface area contributed by atoms with Crippen molar-refractivity contribution >= 4 is 54.0 Å². The summed E-state index contributed by atoms with van der Waals surface area (Å²) in [6.45, 7) is 2.62. The van der Waals surface area contributed by atoms with Crippen LogP contribution in [0.2, 0.25) is 5.02 Å². The third kappa shape index (κ3) is 6.91. The molecule has 1 aromatic rings. The number of nitrogens with zero attached hydrogens (tertiary/aromatic N) is 2. The number of pyridine rings is 1. The number of halogens is 3. The third-order valence-corrected chi connectivity index (χ3v) is 4.83. The van der Waals surface area contributed by atoms with Crippen molar-refractivity contribution in [1.82, 2.24) is 15.2 Å². The lowest BCUT2D eigenvalue weighted by molar-refractivity contribution is -0.133. The highest BCUT2D eigenvalue weighted by Crippen LogP contribution is 2.27. The average molecular weight is 424 g/mol. The maximum atomic E-state index is 12.3. The van der Waals surface area contributed by atoms with Crippen molar-refractivity contribution in [2.75, 3.05) is 31.5 Å². The molecule has 1 saturated carbocycles. The Morgan fingerprint density at radius 1 is 1.15 bits per heavy atom. The van der Waals surface area contributed by atoms with Crippen molar-refractivity contribution in [3.05, 3.63) is 23.4 Å². The predicted molar refractivity (Wildman–Crippen MR) is 107 cm³/mol. The molecule has 0 bridgehead atoms. The second kappa shape index (κ2) is 10.9. The maximum absolute atomic E-state index is 12.3. The minimum atomic E-state index is -0.0778. The van der Waals surface area contributed by atoms with Gasteiger partial charge in [0.2, 0.25) is 11.8 Å². The summed E-state index contributed by atoms with van der Waals surface area (Å²) in [6.07, 6.45) is 5.45. The van der Waals surface area contributed by atoms with E-state index in [0.717, 1.165) is 12.5 Å². The number of nitrogens with one attached hydrogen (secondary N) is 2. The Morgan fingerprint density at radius 3 is 2.42 bits per heavy atom. The summed E-state index contributed by atoms with van der Waals surface area (Å²) in [7, 11) is 0. The molecule has 0 aromatic carbocycles. The third-order valence-electron chi connectivity index (χ3n) is 4.60. The Morgan fingerprint density at radius 2 is 1.85 bits per heavy atom. The Balaban J connectivity index is 0.00000169. The number of piperidine rings is 1. The van der Waals surface area contributed by atoms with Gasteiger partial charge in [0, 0.05) is 25.2 Å². The van der Waals surface area contributed by atoms with Gasteiger partial charge in [-0.1, -0.05) is 11.6 Å². The molecular formula is C17H25Cl3N4O2. The molecule has 26 heavy (non-hydrogen) atoms. The van der Waals surface area contributed by atoms with E-state index in [0.29, 0.717) is 43.3 Å². The molecule has 1 aliphatic heterocycles. The van der Waals surface area contributed by atoms with E-state index >= 15 is 0 Å². The van der Waals surface area contributed by atoms with E-state index in [9.17, 15) is 9.59 Å². The summed E-state index contributed by atoms with van der Waals surface area (Å²) in [5, 5.41) is 6.58. The van der Waals surface area contributed by atoms with Crippen molar-refractivity contribution in [2.45, 2.75) is 25.7 Å². The maximum Gasteiger partial charge on any atom is 0.236 e. The van der Waals surface area contributed by atoms with Crippen LogP contribution in [0.1, 0.15) is 25.7 Å². The lowest BCUT2D eigenvalue weighted by Crippen LogP contribution is -2.45. The lowest BCUT2D eigenvalue weighted by Gasteiger charge is -2.31. The summed E-state index contributed by atoms with van der Waals surface area (Å²) in [5.41, 5.74) is 0. The van der Waals surface area contributed by atoms with Gasteiger partial charge in [0.05, 0.1) is 11.6 Å². The number of likely N-dealkylation sites (tertiary alicyclic amines) is 1. The lowest BCUT2D eigenvalue weighted by atomic mass is 9.96. The molecule has 2 aliphatic rings. The van der Waals surface area contributed by atoms with Gasteiger partial charge in [-0.15, -0.1) is 24.8 Å². The Bertz CT molecular complexity index is 588. The summed E-state index contributed by atoms with van der Waals surface area (Å²) in [6, 6.07) is 3.38. The van der Waals surface area contributed by atoms with Gasteiger partial charge < -0.3 is 15.5 Å². The van der Waals surface area contributed by atoms with Gasteiger partial charge in [0.25, 0.3) is 0 Å². The van der Waals surface area contributed by atoms with Gasteiger partial charge in [0.1, 0.15) is 5.82 Å². The molecule has 1 aliphatic carbocycles. The highest BCUT2D eigenvalue weighted by atomic mass is 35.5. The van der Waals surface area contributed by atoms with Crippen LogP contribution in [0.25, 0.3) is 0 Å². The number of rotatable bonds is 6. The molecule has 2 N–H and O–H groups in total. The van der Waals surface area contributed by atoms with Gasteiger partial charge in [0.15, 0.2) is 0 Å². The predicted octanol–water partition coefficient (Wildman–Crippen LogP) is 2.76. The molecule has 9 heteroatoms. The van der Waals surface area contributed by atoms with Crippen LogP contribution in [0.3, 0.4) is 0 Å². The minimum absolute atomic E-state index is 0. The monoisotopic (exact) mass is 422 g/mol. The van der Waals surface area contributed by atoms with Crippen molar-refractivity contribution in [3.63, 3.8) is 0 Å². The second-order valence-electron chi connectivity index (χ2n) is 6.58. The first-order valence-electron chi connectivity index (χ1n) is 8.53. The molecular weight excluding hydrogens is 399 g/mol. The van der Waals surface area contributed by atoms with Crippen molar-refractivity contribution in [1.29, 1.82) is 0 Å². The Hall–Kier alpha value is -1.08. The Kier molecular flexibility index (Phi) is 9.64. The first-order valence-corrected chi connectivity index (χ1v) is 8.90. The molecule has 2 amide bonds. The largest absolute Gasteiger partial charge is 0.342 e. The average Bonchev–Trinajstić information content (AvgIpc) is 3.41. The summed E-state index contributed by atoms with van der Waals surface area (Å²) in [5.74, 6) is 1.30. The number of carbonyl (C=O) groups excluding carboxylic acids is 2. The zero-order valence-electron chi connectivity index (χ0n) is 14.4. The zero-order valence-corrected chi connectivity index (χ0v) is 16.8. The number of carbonyl (C=O) groups is 2. The minimum Gasteiger partial charge on any atom is -0.342 e. The van der Waals surface area contributed by atoms with Gasteiger partial charge in [-0.25, -0.2) is 4.98 Å². The quantitative estimate of drug-likeness (QED) is 0.738. The topological polar surface area (TPSA) is 74.3 Å². The van der Waals surface area contributed by atoms with Crippen molar-refractivity contribution in [2.24, 2.45) is 11.8 Å². The van der Waals surface area contributed by atoms with E-state index in [4.69, 9.17) is 11.6 Å². The van der Waals surface area contributed by atoms with E-state index < -0.39 is 0 Å². The van der Waals surface area contributed by atoms with E-state index in [1.165, 1.54) is 19.0 Å². The van der Waals surface area contributed by atoms with Crippen LogP contribution in [0.15, 0.2) is 18.3 Å². The van der Waals surface area contributed by atoms with Gasteiger partial charge in [-0.2, -0.15) is 0 Å². The fourth-order valence-electron chi connectivity index (χ4n) is 2.89. The van der Waals surface area contributed by atoms with Crippen LogP contribution >= 0.6 is 36.4 Å². The number of hydrogen-bond acceptors (Lipinski definition) is 4. The van der Waals surface area contributed by atoms with Gasteiger partial charge >= 0.3 is 0 Å². The fraction of sp³-hybridized carbons (Fsp3) is 0.588. The molecule has 0 radical (unpaired) electrons. The standard InChI is InChI=1S/C17H23ClN4O2.2ClH/c18-14-3-4-15(20-10-14)21-17(24)13-5-7-22(8-6-13)16(23)11-19-9-12-1-2-12;;/h3-4,10,12-13,19H,1-2,5-9,11H2,(H,20,21,24);2*1H. The van der Waals surface area contributed by atoms with E-state index in [-0.39, 0.29) is 42.5 Å². The van der Waals surface area contributed by atoms with E-state index in [1.54, 1.807) is 12.1 Å². The van der Waals surface area contributed by atoms with Crippen LogP contribution in [0, 0.1) is 11.8 Å². The van der Waals surface area contributed by atoms with Crippen LogP contribution < -0.4 is 10.6 Å². The first kappa shape index (κ1) is 23.0. The molecule has 3 rings (SSSR count). The number of amides is 2. The first-order chi connectivity index (χ1) is 11.6. The SMILES string of the molecule is Cl.Cl.O=C(Nc1ccc(Cl)cn1)C1CCN(C(=O)CNCC2CC2)CC1. The highest BCUT2D eigenvalue weighted by molar-refractivity contribution is 6.30. The van der Waals surface area contributed by atoms with E-state index in [2.05, 4.69) is 15.6 Å². The number of aromatic nitrogens is 1. The van der Waals surface area contributed by atoms with Gasteiger partial charge in [-0.05, 0) is 50.3 Å². The molecule has 6 nitrogen and oxygen atoms in total. The number of anilines is 1.